The van der Waals surface area contributed by atoms with Crippen LogP contribution < -0.4 is 5.73 Å². The summed E-state index contributed by atoms with van der Waals surface area (Å²) in [5.74, 6) is 0.0768. The van der Waals surface area contributed by atoms with Crippen LogP contribution in [0, 0.1) is 0 Å². The molecule has 1 fully saturated rings. The molecule has 5 nitrogen and oxygen atoms in total. The molecule has 0 atom stereocenters. The van der Waals surface area contributed by atoms with Crippen LogP contribution in [0.4, 0.5) is 4.39 Å². The molecule has 1 aliphatic carbocycles. The van der Waals surface area contributed by atoms with Crippen LogP contribution in [-0.4, -0.2) is 39.7 Å². The topological polar surface area (TPSA) is 64.2 Å². The summed E-state index contributed by atoms with van der Waals surface area (Å²) in [5.41, 5.74) is 7.42. The van der Waals surface area contributed by atoms with Gasteiger partial charge in [-0.3, -0.25) is 9.48 Å². The lowest BCUT2D eigenvalue weighted by molar-refractivity contribution is 0.0663. The second-order valence-corrected chi connectivity index (χ2v) is 5.85. The first kappa shape index (κ1) is 17.0. The van der Waals surface area contributed by atoms with E-state index in [9.17, 15) is 9.18 Å². The van der Waals surface area contributed by atoms with Gasteiger partial charge in [0.05, 0.1) is 24.1 Å². The fourth-order valence-corrected chi connectivity index (χ4v) is 3.30. The molecule has 1 saturated carbocycles. The third kappa shape index (κ3) is 3.17. The monoisotopic (exact) mass is 328 g/mol. The highest BCUT2D eigenvalue weighted by atomic mass is 35.5. The van der Waals surface area contributed by atoms with Crippen LogP contribution in [0.3, 0.4) is 0 Å². The van der Waals surface area contributed by atoms with Gasteiger partial charge in [0.25, 0.3) is 5.91 Å². The average molecular weight is 329 g/mol. The number of carbonyl (C=O) groups is 1. The van der Waals surface area contributed by atoms with Gasteiger partial charge in [0.1, 0.15) is 0 Å². The summed E-state index contributed by atoms with van der Waals surface area (Å²) in [6, 6.07) is 0.388. The molecule has 0 unspecified atom stereocenters. The Balaban J connectivity index is 0.00000176. The Morgan fingerprint density at radius 3 is 2.82 bits per heavy atom. The molecule has 7 heteroatoms. The summed E-state index contributed by atoms with van der Waals surface area (Å²) in [5, 5.41) is 4.40. The van der Waals surface area contributed by atoms with Crippen molar-refractivity contribution in [3.63, 3.8) is 0 Å². The molecule has 0 bridgehead atoms. The average Bonchev–Trinajstić information content (AvgIpc) is 3.14. The Bertz CT molecular complexity index is 566. The van der Waals surface area contributed by atoms with E-state index in [0.29, 0.717) is 30.1 Å². The van der Waals surface area contributed by atoms with Crippen LogP contribution in [0.15, 0.2) is 18.1 Å². The minimum Gasteiger partial charge on any atom is -0.335 e. The highest BCUT2D eigenvalue weighted by Crippen LogP contribution is 2.28. The van der Waals surface area contributed by atoms with E-state index in [1.807, 2.05) is 4.90 Å². The van der Waals surface area contributed by atoms with Gasteiger partial charge in [0.15, 0.2) is 0 Å². The molecule has 122 valence electrons. The molecule has 1 aromatic heterocycles. The van der Waals surface area contributed by atoms with E-state index in [2.05, 4.69) is 5.10 Å². The lowest BCUT2D eigenvalue weighted by Crippen LogP contribution is -2.43. The van der Waals surface area contributed by atoms with E-state index >= 15 is 0 Å². The summed E-state index contributed by atoms with van der Waals surface area (Å²) in [6.07, 6.45) is 7.67. The first-order chi connectivity index (χ1) is 10.2. The molecule has 0 saturated heterocycles. The molecule has 3 rings (SSSR count). The van der Waals surface area contributed by atoms with Gasteiger partial charge in [-0.15, -0.1) is 12.4 Å². The second kappa shape index (κ2) is 7.24. The normalized spacial score (nSPS) is 19.3. The fourth-order valence-electron chi connectivity index (χ4n) is 3.30. The summed E-state index contributed by atoms with van der Waals surface area (Å²) < 4.78 is 14.2. The number of rotatable bonds is 4. The number of amides is 1. The van der Waals surface area contributed by atoms with Gasteiger partial charge in [0.2, 0.25) is 0 Å². The Morgan fingerprint density at radius 2 is 2.18 bits per heavy atom. The van der Waals surface area contributed by atoms with Crippen LogP contribution in [0.5, 0.6) is 0 Å². The Morgan fingerprint density at radius 1 is 1.45 bits per heavy atom. The summed E-state index contributed by atoms with van der Waals surface area (Å²) in [7, 11) is 0. The Hall–Kier alpha value is -1.40. The molecule has 2 N–H and O–H groups in total. The molecule has 0 radical (unpaired) electrons. The van der Waals surface area contributed by atoms with Gasteiger partial charge in [-0.25, -0.2) is 4.39 Å². The van der Waals surface area contributed by atoms with E-state index in [4.69, 9.17) is 5.73 Å². The van der Waals surface area contributed by atoms with Gasteiger partial charge in [-0.05, 0) is 18.4 Å². The van der Waals surface area contributed by atoms with Crippen molar-refractivity contribution < 1.29 is 9.18 Å². The number of nitrogens with zero attached hydrogens (tertiary/aromatic N) is 3. The number of nitrogens with two attached hydrogens (primary N) is 1. The van der Waals surface area contributed by atoms with Crippen molar-refractivity contribution in [2.75, 3.05) is 13.1 Å². The van der Waals surface area contributed by atoms with Gasteiger partial charge in [-0.2, -0.15) is 5.10 Å². The largest absolute Gasteiger partial charge is 0.335 e. The van der Waals surface area contributed by atoms with E-state index in [-0.39, 0.29) is 24.9 Å². The number of hydrogen-bond acceptors (Lipinski definition) is 3. The summed E-state index contributed by atoms with van der Waals surface area (Å²) >= 11 is 0. The van der Waals surface area contributed by atoms with Crippen LogP contribution in [0.2, 0.25) is 0 Å². The lowest BCUT2D eigenvalue weighted by atomic mass is 10.0. The maximum Gasteiger partial charge on any atom is 0.257 e. The van der Waals surface area contributed by atoms with Crippen molar-refractivity contribution in [2.24, 2.45) is 5.73 Å². The third-order valence-corrected chi connectivity index (χ3v) is 4.47. The molecule has 2 heterocycles. The van der Waals surface area contributed by atoms with E-state index < -0.39 is 0 Å². The summed E-state index contributed by atoms with van der Waals surface area (Å²) in [4.78, 5) is 14.6. The van der Waals surface area contributed by atoms with Crippen LogP contribution in [0.1, 0.15) is 41.7 Å². The van der Waals surface area contributed by atoms with Gasteiger partial charge in [0, 0.05) is 31.7 Å². The van der Waals surface area contributed by atoms with E-state index in [1.165, 1.54) is 12.8 Å². The highest BCUT2D eigenvalue weighted by Gasteiger charge is 2.33. The zero-order chi connectivity index (χ0) is 14.8. The van der Waals surface area contributed by atoms with Crippen molar-refractivity contribution in [3.8, 4) is 0 Å². The Kier molecular flexibility index (Phi) is 5.58. The number of carbonyl (C=O) groups excluding carboxylic acids is 1. The number of aromatic nitrogens is 2. The fraction of sp³-hybridized carbons (Fsp3) is 0.600. The molecule has 0 spiro atoms. The zero-order valence-electron chi connectivity index (χ0n) is 12.5. The maximum atomic E-state index is 12.6. The quantitative estimate of drug-likeness (QED) is 0.920. The molecular formula is C15H22ClFN4O. The molecule has 1 aliphatic heterocycles. The highest BCUT2D eigenvalue weighted by molar-refractivity contribution is 5.96. The van der Waals surface area contributed by atoms with Crippen molar-refractivity contribution >= 4 is 18.3 Å². The van der Waals surface area contributed by atoms with Crippen molar-refractivity contribution in [2.45, 2.75) is 44.7 Å². The lowest BCUT2D eigenvalue weighted by Gasteiger charge is -2.31. The summed E-state index contributed by atoms with van der Waals surface area (Å²) in [6.45, 7) is 1.20. The van der Waals surface area contributed by atoms with Crippen LogP contribution in [-0.2, 0) is 13.0 Å². The van der Waals surface area contributed by atoms with Gasteiger partial charge in [-0.1, -0.05) is 12.8 Å². The van der Waals surface area contributed by atoms with E-state index in [0.717, 1.165) is 31.5 Å². The van der Waals surface area contributed by atoms with Crippen molar-refractivity contribution in [1.82, 2.24) is 14.7 Å². The molecule has 22 heavy (non-hydrogen) atoms. The van der Waals surface area contributed by atoms with Crippen molar-refractivity contribution in [3.05, 3.63) is 29.4 Å². The smallest absolute Gasteiger partial charge is 0.257 e. The minimum absolute atomic E-state index is 0. The van der Waals surface area contributed by atoms with Crippen LogP contribution in [0.25, 0.3) is 0 Å². The standard InChI is InChI=1S/C15H21FN4O.ClH/c16-7-11(8-17)9-19-10-13-14(18-19)5-6-20(15(13)21)12-3-1-2-4-12;/h7,10,12H,1-6,8-9,17H2;1H. The van der Waals surface area contributed by atoms with Crippen molar-refractivity contribution in [1.29, 1.82) is 0 Å². The molecule has 1 amide bonds. The van der Waals surface area contributed by atoms with Gasteiger partial charge < -0.3 is 10.6 Å². The second-order valence-electron chi connectivity index (χ2n) is 5.85. The molecule has 2 aliphatic rings. The third-order valence-electron chi connectivity index (χ3n) is 4.47. The molecule has 0 aromatic carbocycles. The first-order valence-corrected chi connectivity index (χ1v) is 7.58. The number of halogens is 2. The van der Waals surface area contributed by atoms with E-state index in [1.54, 1.807) is 10.9 Å². The zero-order valence-corrected chi connectivity index (χ0v) is 13.3. The first-order valence-electron chi connectivity index (χ1n) is 7.58. The predicted octanol–water partition coefficient (Wildman–Crippen LogP) is 2.06. The maximum absolute atomic E-state index is 12.6. The predicted molar refractivity (Wildman–Crippen MR) is 84.7 cm³/mol. The van der Waals surface area contributed by atoms with Gasteiger partial charge >= 0.3 is 0 Å². The molecular weight excluding hydrogens is 307 g/mol. The number of hydrogen-bond donors (Lipinski definition) is 1. The Labute approximate surface area is 135 Å². The molecule has 1 aromatic rings. The minimum atomic E-state index is 0. The SMILES string of the molecule is Cl.NCC(=CF)Cn1cc2c(n1)CCN(C1CCCC1)C2=O. The van der Waals surface area contributed by atoms with Crippen LogP contribution >= 0.6 is 12.4 Å². The number of fused-ring (bicyclic) bond motifs is 1.